The number of aromatic nitrogens is 1. The summed E-state index contributed by atoms with van der Waals surface area (Å²) in [5.74, 6) is 0.479. The molecule has 0 aliphatic heterocycles. The third-order valence-electron chi connectivity index (χ3n) is 3.44. The van der Waals surface area contributed by atoms with Crippen LogP contribution in [-0.4, -0.2) is 9.67 Å². The molecule has 0 amide bonds. The third-order valence-corrected chi connectivity index (χ3v) is 3.67. The molecule has 1 N–H and O–H groups in total. The summed E-state index contributed by atoms with van der Waals surface area (Å²) in [5, 5.41) is 10.8. The van der Waals surface area contributed by atoms with Crippen molar-refractivity contribution in [1.29, 1.82) is 0 Å². The zero-order valence-electron chi connectivity index (χ0n) is 10.1. The van der Waals surface area contributed by atoms with Gasteiger partial charge >= 0.3 is 0 Å². The minimum absolute atomic E-state index is 0.286. The minimum Gasteiger partial charge on any atom is -0.388 e. The molecule has 0 saturated heterocycles. The smallest absolute Gasteiger partial charge is 0.0832 e. The maximum atomic E-state index is 10.0. The summed E-state index contributed by atoms with van der Waals surface area (Å²) in [4.78, 5) is 0. The first-order chi connectivity index (χ1) is 8.72. The number of hydrogen-bond acceptors (Lipinski definition) is 1. The summed E-state index contributed by atoms with van der Waals surface area (Å²) in [6, 6.07) is 9.87. The highest BCUT2D eigenvalue weighted by Crippen LogP contribution is 2.40. The van der Waals surface area contributed by atoms with Crippen molar-refractivity contribution in [2.75, 3.05) is 0 Å². The Morgan fingerprint density at radius 2 is 2.17 bits per heavy atom. The van der Waals surface area contributed by atoms with Crippen molar-refractivity contribution in [3.8, 4) is 0 Å². The Labute approximate surface area is 112 Å². The minimum atomic E-state index is -0.286. The van der Waals surface area contributed by atoms with Crippen LogP contribution in [0.4, 0.5) is 0 Å². The molecule has 1 saturated carbocycles. The van der Waals surface area contributed by atoms with Crippen LogP contribution in [-0.2, 0) is 6.54 Å². The molecule has 1 aliphatic carbocycles. The van der Waals surface area contributed by atoms with Crippen LogP contribution in [0.25, 0.3) is 0 Å². The number of nitrogens with zero attached hydrogens (tertiary/aromatic N) is 1. The van der Waals surface area contributed by atoms with Gasteiger partial charge in [-0.3, -0.25) is 0 Å². The van der Waals surface area contributed by atoms with E-state index in [1.165, 1.54) is 5.56 Å². The molecule has 1 aromatic heterocycles. The Hall–Kier alpha value is -1.25. The molecule has 1 unspecified atom stereocenters. The normalized spacial score (nSPS) is 16.8. The van der Waals surface area contributed by atoms with Crippen molar-refractivity contribution < 1.29 is 5.11 Å². The second kappa shape index (κ2) is 4.79. The van der Waals surface area contributed by atoms with Crippen LogP contribution in [0.1, 0.15) is 30.1 Å². The van der Waals surface area contributed by atoms with Gasteiger partial charge in [0, 0.05) is 24.0 Å². The van der Waals surface area contributed by atoms with E-state index in [0.717, 1.165) is 30.0 Å². The third kappa shape index (κ3) is 2.60. The van der Waals surface area contributed by atoms with E-state index in [-0.39, 0.29) is 6.10 Å². The number of aliphatic hydroxyl groups excluding tert-OH is 1. The van der Waals surface area contributed by atoms with Crippen LogP contribution < -0.4 is 0 Å². The predicted octanol–water partition coefficient (Wildman–Crippen LogP) is 3.63. The zero-order chi connectivity index (χ0) is 12.5. The van der Waals surface area contributed by atoms with Gasteiger partial charge in [0.05, 0.1) is 6.10 Å². The van der Waals surface area contributed by atoms with E-state index >= 15 is 0 Å². The van der Waals surface area contributed by atoms with Gasteiger partial charge in [-0.25, -0.2) is 0 Å². The molecule has 3 heteroatoms. The second-order valence-corrected chi connectivity index (χ2v) is 5.47. The average Bonchev–Trinajstić information content (AvgIpc) is 3.09. The summed E-state index contributed by atoms with van der Waals surface area (Å²) < 4.78 is 2.09. The number of benzene rings is 1. The van der Waals surface area contributed by atoms with E-state index < -0.39 is 0 Å². The van der Waals surface area contributed by atoms with Crippen LogP contribution in [0.3, 0.4) is 0 Å². The van der Waals surface area contributed by atoms with Gasteiger partial charge < -0.3 is 9.67 Å². The summed E-state index contributed by atoms with van der Waals surface area (Å²) in [5.41, 5.74) is 2.20. The van der Waals surface area contributed by atoms with E-state index in [0.29, 0.717) is 5.92 Å². The molecular weight excluding hydrogens is 246 g/mol. The van der Waals surface area contributed by atoms with Crippen molar-refractivity contribution in [2.24, 2.45) is 5.92 Å². The Bertz CT molecular complexity index is 545. The van der Waals surface area contributed by atoms with Gasteiger partial charge in [-0.1, -0.05) is 23.7 Å². The lowest BCUT2D eigenvalue weighted by molar-refractivity contribution is 0.154. The molecule has 94 valence electrons. The number of halogens is 1. The fraction of sp³-hybridized carbons (Fsp3) is 0.333. The van der Waals surface area contributed by atoms with Gasteiger partial charge in [0.1, 0.15) is 0 Å². The molecule has 1 aliphatic rings. The molecule has 0 spiro atoms. The van der Waals surface area contributed by atoms with Gasteiger partial charge in [0.25, 0.3) is 0 Å². The van der Waals surface area contributed by atoms with Gasteiger partial charge in [0.15, 0.2) is 0 Å². The molecule has 1 fully saturated rings. The maximum absolute atomic E-state index is 10.0. The predicted molar refractivity (Wildman–Crippen MR) is 72.7 cm³/mol. The highest BCUT2D eigenvalue weighted by molar-refractivity contribution is 6.30. The van der Waals surface area contributed by atoms with E-state index in [2.05, 4.69) is 10.6 Å². The Morgan fingerprint density at radius 1 is 1.33 bits per heavy atom. The highest BCUT2D eigenvalue weighted by Gasteiger charge is 2.31. The van der Waals surface area contributed by atoms with Crippen molar-refractivity contribution >= 4 is 11.6 Å². The van der Waals surface area contributed by atoms with Gasteiger partial charge in [-0.2, -0.15) is 0 Å². The number of rotatable bonds is 4. The molecule has 0 bridgehead atoms. The first kappa shape index (κ1) is 11.8. The average molecular weight is 262 g/mol. The van der Waals surface area contributed by atoms with Crippen LogP contribution in [0.2, 0.25) is 5.02 Å². The largest absolute Gasteiger partial charge is 0.388 e. The first-order valence-corrected chi connectivity index (χ1v) is 6.68. The molecule has 1 heterocycles. The molecule has 3 rings (SSSR count). The van der Waals surface area contributed by atoms with Gasteiger partial charge in [-0.05, 0) is 48.1 Å². The molecule has 18 heavy (non-hydrogen) atoms. The molecule has 1 aromatic carbocycles. The van der Waals surface area contributed by atoms with Crippen molar-refractivity contribution in [3.05, 3.63) is 58.9 Å². The van der Waals surface area contributed by atoms with E-state index in [4.69, 9.17) is 11.6 Å². The Kier molecular flexibility index (Phi) is 3.14. The quantitative estimate of drug-likeness (QED) is 0.893. The van der Waals surface area contributed by atoms with Crippen LogP contribution in [0.15, 0.2) is 42.7 Å². The van der Waals surface area contributed by atoms with Gasteiger partial charge in [-0.15, -0.1) is 0 Å². The molecular formula is C15H16ClNO. The summed E-state index contributed by atoms with van der Waals surface area (Å²) >= 11 is 5.97. The van der Waals surface area contributed by atoms with Crippen molar-refractivity contribution in [1.82, 2.24) is 4.57 Å². The monoisotopic (exact) mass is 261 g/mol. The maximum Gasteiger partial charge on any atom is 0.0832 e. The lowest BCUT2D eigenvalue weighted by Gasteiger charge is -2.06. The summed E-state index contributed by atoms with van der Waals surface area (Å²) in [7, 11) is 0. The van der Waals surface area contributed by atoms with Crippen LogP contribution in [0.5, 0.6) is 0 Å². The SMILES string of the molecule is OC(c1ccn(Cc2cccc(Cl)c2)c1)C1CC1. The highest BCUT2D eigenvalue weighted by atomic mass is 35.5. The topological polar surface area (TPSA) is 25.2 Å². The molecule has 0 radical (unpaired) electrons. The first-order valence-electron chi connectivity index (χ1n) is 6.30. The fourth-order valence-corrected chi connectivity index (χ4v) is 2.48. The van der Waals surface area contributed by atoms with E-state index in [9.17, 15) is 5.11 Å². The molecule has 1 atom stereocenters. The van der Waals surface area contributed by atoms with Gasteiger partial charge in [0.2, 0.25) is 0 Å². The molecule has 2 nitrogen and oxygen atoms in total. The van der Waals surface area contributed by atoms with Crippen molar-refractivity contribution in [2.45, 2.75) is 25.5 Å². The van der Waals surface area contributed by atoms with E-state index in [1.54, 1.807) is 0 Å². The summed E-state index contributed by atoms with van der Waals surface area (Å²) in [6.45, 7) is 0.790. The van der Waals surface area contributed by atoms with Crippen LogP contribution >= 0.6 is 11.6 Å². The number of hydrogen-bond donors (Lipinski definition) is 1. The Balaban J connectivity index is 1.73. The lowest BCUT2D eigenvalue weighted by Crippen LogP contribution is -1.99. The fourth-order valence-electron chi connectivity index (χ4n) is 2.26. The van der Waals surface area contributed by atoms with Crippen LogP contribution in [0, 0.1) is 5.92 Å². The second-order valence-electron chi connectivity index (χ2n) is 5.03. The standard InChI is InChI=1S/C15H16ClNO/c16-14-3-1-2-11(8-14)9-17-7-6-13(10-17)15(18)12-4-5-12/h1-3,6-8,10,12,15,18H,4-5,9H2. The molecule has 2 aromatic rings. The zero-order valence-corrected chi connectivity index (χ0v) is 10.8. The Morgan fingerprint density at radius 3 is 2.89 bits per heavy atom. The van der Waals surface area contributed by atoms with E-state index in [1.807, 2.05) is 36.7 Å². The number of aliphatic hydroxyl groups is 1. The lowest BCUT2D eigenvalue weighted by atomic mass is 10.1. The summed E-state index contributed by atoms with van der Waals surface area (Å²) in [6.07, 6.45) is 6.07. The van der Waals surface area contributed by atoms with Crippen molar-refractivity contribution in [3.63, 3.8) is 0 Å².